The number of carboxylic acids is 1. The number of aliphatic carboxylic acids is 1. The maximum Gasteiger partial charge on any atom is 0.416 e. The molecule has 2 fully saturated rings. The minimum Gasteiger partial charge on any atom is -0.480 e. The molecule has 26 heavy (non-hydrogen) atoms. The van der Waals surface area contributed by atoms with E-state index in [0.717, 1.165) is 17.0 Å². The molecule has 2 aliphatic rings. The van der Waals surface area contributed by atoms with Crippen LogP contribution in [0.1, 0.15) is 17.2 Å². The summed E-state index contributed by atoms with van der Waals surface area (Å²) in [7, 11) is 0. The molecule has 0 aromatic heterocycles. The number of hydrogen-bond acceptors (Lipinski definition) is 4. The molecule has 1 aromatic rings. The van der Waals surface area contributed by atoms with Crippen LogP contribution in [0.5, 0.6) is 0 Å². The fourth-order valence-corrected chi connectivity index (χ4v) is 3.56. The minimum atomic E-state index is -4.59. The van der Waals surface area contributed by atoms with Gasteiger partial charge in [0.2, 0.25) is 11.8 Å². The van der Waals surface area contributed by atoms with Crippen molar-refractivity contribution in [3.63, 3.8) is 0 Å². The van der Waals surface area contributed by atoms with Gasteiger partial charge in [0.15, 0.2) is 0 Å². The lowest BCUT2D eigenvalue weighted by Gasteiger charge is -2.21. The van der Waals surface area contributed by atoms with Gasteiger partial charge in [-0.3, -0.25) is 24.6 Å². The number of amides is 2. The van der Waals surface area contributed by atoms with Crippen LogP contribution < -0.4 is 5.32 Å². The molecule has 9 heteroatoms. The zero-order chi connectivity index (χ0) is 19.2. The van der Waals surface area contributed by atoms with Crippen LogP contribution in [0.25, 0.3) is 0 Å². The standard InChI is InChI=1S/C17H13F3N2O4/c1-2-6-22-14(23)10-11(15(22)24)13(16(25)26)21-12(10)8-4-3-5-9(7-8)17(18,19)20/h1,3-5,7,10-13,21H,6H2,(H,25,26). The van der Waals surface area contributed by atoms with Crippen molar-refractivity contribution in [1.82, 2.24) is 10.2 Å². The quantitative estimate of drug-likeness (QED) is 0.617. The Morgan fingerprint density at radius 1 is 1.27 bits per heavy atom. The average Bonchev–Trinajstić information content (AvgIpc) is 3.08. The number of alkyl halides is 3. The molecule has 2 heterocycles. The normalized spacial score (nSPS) is 28.2. The first-order chi connectivity index (χ1) is 12.2. The number of carbonyl (C=O) groups is 3. The van der Waals surface area contributed by atoms with Crippen LogP contribution in [0.3, 0.4) is 0 Å². The van der Waals surface area contributed by atoms with Gasteiger partial charge in [0.1, 0.15) is 6.04 Å². The molecule has 0 bridgehead atoms. The minimum absolute atomic E-state index is 0.0854. The number of nitrogens with one attached hydrogen (secondary N) is 1. The molecule has 4 atom stereocenters. The highest BCUT2D eigenvalue weighted by molar-refractivity contribution is 6.08. The topological polar surface area (TPSA) is 86.7 Å². The molecular formula is C17H13F3N2O4. The fraction of sp³-hybridized carbons (Fsp3) is 0.353. The molecule has 3 rings (SSSR count). The summed E-state index contributed by atoms with van der Waals surface area (Å²) < 4.78 is 38.9. The summed E-state index contributed by atoms with van der Waals surface area (Å²) in [6.45, 7) is -0.313. The predicted molar refractivity (Wildman–Crippen MR) is 81.3 cm³/mol. The van der Waals surface area contributed by atoms with Crippen LogP contribution in [0.4, 0.5) is 13.2 Å². The molecule has 2 N–H and O–H groups in total. The fourth-order valence-electron chi connectivity index (χ4n) is 3.56. The lowest BCUT2D eigenvalue weighted by molar-refractivity contribution is -0.145. The van der Waals surface area contributed by atoms with Crippen LogP contribution >= 0.6 is 0 Å². The van der Waals surface area contributed by atoms with Gasteiger partial charge < -0.3 is 5.11 Å². The largest absolute Gasteiger partial charge is 0.480 e. The molecular weight excluding hydrogens is 353 g/mol. The summed E-state index contributed by atoms with van der Waals surface area (Å²) in [5.41, 5.74) is -0.841. The van der Waals surface area contributed by atoms with Crippen molar-refractivity contribution >= 4 is 17.8 Å². The Labute approximate surface area is 146 Å². The van der Waals surface area contributed by atoms with Gasteiger partial charge in [-0.1, -0.05) is 18.1 Å². The highest BCUT2D eigenvalue weighted by Crippen LogP contribution is 2.44. The number of terminal acetylenes is 1. The van der Waals surface area contributed by atoms with E-state index in [1.54, 1.807) is 0 Å². The monoisotopic (exact) mass is 366 g/mol. The van der Waals surface area contributed by atoms with Gasteiger partial charge in [-0.25, -0.2) is 0 Å². The van der Waals surface area contributed by atoms with Crippen molar-refractivity contribution in [2.45, 2.75) is 18.3 Å². The van der Waals surface area contributed by atoms with Crippen LogP contribution in [-0.4, -0.2) is 40.4 Å². The summed E-state index contributed by atoms with van der Waals surface area (Å²) in [4.78, 5) is 37.3. The van der Waals surface area contributed by atoms with Gasteiger partial charge in [-0.2, -0.15) is 13.2 Å². The number of carbonyl (C=O) groups excluding carboxylic acids is 2. The number of benzene rings is 1. The van der Waals surface area contributed by atoms with E-state index in [4.69, 9.17) is 6.42 Å². The summed E-state index contributed by atoms with van der Waals surface area (Å²) in [6, 6.07) is 1.82. The molecule has 0 radical (unpaired) electrons. The molecule has 0 spiro atoms. The molecule has 2 saturated heterocycles. The number of halogens is 3. The lowest BCUT2D eigenvalue weighted by atomic mass is 9.86. The molecule has 1 aromatic carbocycles. The van der Waals surface area contributed by atoms with Gasteiger partial charge in [-0.05, 0) is 17.7 Å². The van der Waals surface area contributed by atoms with Crippen LogP contribution in [0.15, 0.2) is 24.3 Å². The van der Waals surface area contributed by atoms with Crippen molar-refractivity contribution < 1.29 is 32.7 Å². The van der Waals surface area contributed by atoms with E-state index in [0.29, 0.717) is 0 Å². The average molecular weight is 366 g/mol. The van der Waals surface area contributed by atoms with Crippen LogP contribution in [-0.2, 0) is 20.6 Å². The molecule has 0 aliphatic carbocycles. The third kappa shape index (κ3) is 2.72. The number of carboxylic acid groups (broad SMARTS) is 1. The van der Waals surface area contributed by atoms with Gasteiger partial charge in [0, 0.05) is 6.04 Å². The summed E-state index contributed by atoms with van der Waals surface area (Å²) in [5.74, 6) is -2.96. The zero-order valence-corrected chi connectivity index (χ0v) is 13.2. The third-order valence-corrected chi connectivity index (χ3v) is 4.66. The first-order valence-corrected chi connectivity index (χ1v) is 7.61. The molecule has 2 aliphatic heterocycles. The molecule has 4 unspecified atom stereocenters. The van der Waals surface area contributed by atoms with E-state index in [-0.39, 0.29) is 12.1 Å². The number of nitrogens with zero attached hydrogens (tertiary/aromatic N) is 1. The van der Waals surface area contributed by atoms with Crippen molar-refractivity contribution in [1.29, 1.82) is 0 Å². The van der Waals surface area contributed by atoms with Gasteiger partial charge in [0.05, 0.1) is 23.9 Å². The van der Waals surface area contributed by atoms with Gasteiger partial charge in [0.25, 0.3) is 0 Å². The maximum atomic E-state index is 13.0. The third-order valence-electron chi connectivity index (χ3n) is 4.66. The Kier molecular flexibility index (Phi) is 4.24. The molecule has 2 amide bonds. The molecule has 136 valence electrons. The number of fused-ring (bicyclic) bond motifs is 1. The Morgan fingerprint density at radius 3 is 2.50 bits per heavy atom. The van der Waals surface area contributed by atoms with E-state index < -0.39 is 53.4 Å². The van der Waals surface area contributed by atoms with E-state index >= 15 is 0 Å². The highest BCUT2D eigenvalue weighted by Gasteiger charge is 2.60. The van der Waals surface area contributed by atoms with E-state index in [2.05, 4.69) is 11.2 Å². The number of imide groups is 1. The maximum absolute atomic E-state index is 13.0. The number of rotatable bonds is 3. The van der Waals surface area contributed by atoms with Crippen molar-refractivity contribution in [3.8, 4) is 12.3 Å². The Hall–Kier alpha value is -2.86. The summed E-state index contributed by atoms with van der Waals surface area (Å²) in [5, 5.41) is 12.0. The number of hydrogen-bond donors (Lipinski definition) is 2. The van der Waals surface area contributed by atoms with Gasteiger partial charge >= 0.3 is 12.1 Å². The number of likely N-dealkylation sites (tertiary alicyclic amines) is 1. The van der Waals surface area contributed by atoms with E-state index in [1.807, 2.05) is 0 Å². The Balaban J connectivity index is 2.04. The molecule has 0 saturated carbocycles. The van der Waals surface area contributed by atoms with Crippen LogP contribution in [0, 0.1) is 24.2 Å². The van der Waals surface area contributed by atoms with E-state index in [1.165, 1.54) is 12.1 Å². The smallest absolute Gasteiger partial charge is 0.416 e. The zero-order valence-electron chi connectivity index (χ0n) is 13.2. The molecule has 6 nitrogen and oxygen atoms in total. The van der Waals surface area contributed by atoms with Crippen molar-refractivity contribution in [3.05, 3.63) is 35.4 Å². The lowest BCUT2D eigenvalue weighted by Crippen LogP contribution is -2.43. The SMILES string of the molecule is C#CCN1C(=O)C2C(C(=O)O)NC(c3cccc(C(F)(F)F)c3)C2C1=O. The van der Waals surface area contributed by atoms with E-state index in [9.17, 15) is 32.7 Å². The van der Waals surface area contributed by atoms with Crippen molar-refractivity contribution in [2.75, 3.05) is 6.54 Å². The second-order valence-electron chi connectivity index (χ2n) is 6.10. The first-order valence-electron chi connectivity index (χ1n) is 7.61. The second kappa shape index (κ2) is 6.14. The van der Waals surface area contributed by atoms with Crippen LogP contribution in [0.2, 0.25) is 0 Å². The Morgan fingerprint density at radius 2 is 1.92 bits per heavy atom. The first kappa shape index (κ1) is 17.9. The second-order valence-corrected chi connectivity index (χ2v) is 6.10. The predicted octanol–water partition coefficient (Wildman–Crippen LogP) is 1.04. The Bertz CT molecular complexity index is 830. The van der Waals surface area contributed by atoms with Gasteiger partial charge in [-0.15, -0.1) is 6.42 Å². The summed E-state index contributed by atoms with van der Waals surface area (Å²) in [6.07, 6.45) is 0.546. The highest BCUT2D eigenvalue weighted by atomic mass is 19.4. The summed E-state index contributed by atoms with van der Waals surface area (Å²) >= 11 is 0. The van der Waals surface area contributed by atoms with Crippen molar-refractivity contribution in [2.24, 2.45) is 11.8 Å².